The fourth-order valence-corrected chi connectivity index (χ4v) is 7.63. The zero-order valence-corrected chi connectivity index (χ0v) is 34.3. The third-order valence-corrected chi connectivity index (χ3v) is 11.5. The molecule has 289 valence electrons. The molecule has 1 radical (unpaired) electrons. The number of aryl methyl sites for hydroxylation is 3. The van der Waals surface area contributed by atoms with Crippen LogP contribution in [0.4, 0.5) is 0 Å². The minimum absolute atomic E-state index is 0. The van der Waals surface area contributed by atoms with Gasteiger partial charge in [0.05, 0.1) is 49.8 Å². The van der Waals surface area contributed by atoms with E-state index < -0.39 is 5.41 Å². The molecule has 56 heavy (non-hydrogen) atoms. The average Bonchev–Trinajstić information content (AvgIpc) is 3.80. The van der Waals surface area contributed by atoms with E-state index in [0.29, 0.717) is 28.8 Å². The van der Waals surface area contributed by atoms with E-state index in [1.165, 1.54) is 19.8 Å². The van der Waals surface area contributed by atoms with Gasteiger partial charge in [0.1, 0.15) is 0 Å². The first-order valence-corrected chi connectivity index (χ1v) is 18.5. The zero-order chi connectivity index (χ0) is 39.3. The minimum atomic E-state index is -0.622. The fourth-order valence-electron chi connectivity index (χ4n) is 7.63. The summed E-state index contributed by atoms with van der Waals surface area (Å²) in [7, 11) is 2.76. The number of methoxy groups -OCH3 is 2. The molecule has 0 aliphatic carbocycles. The largest absolute Gasteiger partial charge is 2.00 e. The van der Waals surface area contributed by atoms with Crippen LogP contribution >= 0.6 is 0 Å². The van der Waals surface area contributed by atoms with Gasteiger partial charge in [0.15, 0.2) is 0 Å². The average molecular weight is 794 g/mol. The first kappa shape index (κ1) is 40.2. The monoisotopic (exact) mass is 793 g/mol. The second-order valence-corrected chi connectivity index (χ2v) is 15.1. The molecule has 0 spiro atoms. The number of ether oxygens (including phenoxy) is 2. The molecule has 5 heterocycles. The molecule has 3 aliphatic heterocycles. The van der Waals surface area contributed by atoms with Gasteiger partial charge in [0.25, 0.3) is 0 Å². The summed E-state index contributed by atoms with van der Waals surface area (Å²) in [5.74, 6) is -0.763. The maximum atomic E-state index is 12.9. The molecule has 7 rings (SSSR count). The normalized spacial score (nSPS) is 15.8. The number of rotatable bonds is 7. The predicted molar refractivity (Wildman–Crippen MR) is 219 cm³/mol. The van der Waals surface area contributed by atoms with Crippen molar-refractivity contribution < 1.29 is 36.1 Å². The molecule has 0 saturated carbocycles. The molecule has 0 amide bonds. The SMILES string of the molecule is C=C1c2[n-]c(cc3nc(cc4[n-]c(cc5nc(c2-c2ccc(C)cc2)C(C)=C5C)c(C)c4CC(=O)OC)C(CC(=O)OC)=C3C)C1(C)Cc1ccc(C)cc1.[Cu+2]. The number of fused-ring (bicyclic) bond motifs is 8. The van der Waals surface area contributed by atoms with Gasteiger partial charge in [-0.15, -0.1) is 22.4 Å². The Morgan fingerprint density at radius 1 is 0.714 bits per heavy atom. The van der Waals surface area contributed by atoms with Crippen LogP contribution in [-0.2, 0) is 54.4 Å². The van der Waals surface area contributed by atoms with Crippen molar-refractivity contribution in [3.05, 3.63) is 135 Å². The van der Waals surface area contributed by atoms with Crippen LogP contribution in [0.25, 0.3) is 50.0 Å². The van der Waals surface area contributed by atoms with Gasteiger partial charge in [-0.05, 0) is 97.9 Å². The van der Waals surface area contributed by atoms with Crippen molar-refractivity contribution in [1.29, 1.82) is 0 Å². The number of benzene rings is 2. The van der Waals surface area contributed by atoms with Gasteiger partial charge in [-0.2, -0.15) is 0 Å². The summed E-state index contributed by atoms with van der Waals surface area (Å²) in [5, 5.41) is 0. The first-order valence-electron chi connectivity index (χ1n) is 18.5. The number of allylic oxidation sites excluding steroid dienone is 4. The summed E-state index contributed by atoms with van der Waals surface area (Å²) in [6.07, 6.45) is 0.695. The van der Waals surface area contributed by atoms with Crippen molar-refractivity contribution in [2.45, 2.75) is 73.1 Å². The Balaban J connectivity index is 0.00000532. The second-order valence-electron chi connectivity index (χ2n) is 15.1. The van der Waals surface area contributed by atoms with Crippen molar-refractivity contribution in [1.82, 2.24) is 19.9 Å². The van der Waals surface area contributed by atoms with Crippen molar-refractivity contribution in [2.24, 2.45) is 0 Å². The Bertz CT molecular complexity index is 2550. The zero-order valence-electron chi connectivity index (χ0n) is 33.4. The van der Waals surface area contributed by atoms with E-state index in [2.05, 4.69) is 83.1 Å². The maximum Gasteiger partial charge on any atom is 2.00 e. The summed E-state index contributed by atoms with van der Waals surface area (Å²) in [6.45, 7) is 19.3. The van der Waals surface area contributed by atoms with E-state index in [4.69, 9.17) is 36.0 Å². The predicted octanol–water partition coefficient (Wildman–Crippen LogP) is 9.26. The molecule has 2 aromatic heterocycles. The number of carbonyl (C=O) groups is 2. The maximum absolute atomic E-state index is 12.9. The Morgan fingerprint density at radius 2 is 1.30 bits per heavy atom. The minimum Gasteiger partial charge on any atom is -0.660 e. The molecule has 4 aromatic rings. The summed E-state index contributed by atoms with van der Waals surface area (Å²) in [6, 6.07) is 23.0. The molecule has 8 nitrogen and oxygen atoms in total. The molecule has 3 aliphatic rings. The van der Waals surface area contributed by atoms with Crippen LogP contribution in [0.2, 0.25) is 0 Å². The number of hydrogen-bond donors (Lipinski definition) is 0. The molecule has 9 heteroatoms. The van der Waals surface area contributed by atoms with E-state index in [-0.39, 0.29) is 41.8 Å². The summed E-state index contributed by atoms with van der Waals surface area (Å²) < 4.78 is 10.2. The van der Waals surface area contributed by atoms with Gasteiger partial charge in [-0.25, -0.2) is 9.97 Å². The Morgan fingerprint density at radius 3 is 1.95 bits per heavy atom. The molecule has 2 aromatic carbocycles. The van der Waals surface area contributed by atoms with Crippen LogP contribution in [0.1, 0.15) is 96.1 Å². The van der Waals surface area contributed by atoms with Crippen LogP contribution in [0, 0.1) is 20.8 Å². The van der Waals surface area contributed by atoms with Crippen molar-refractivity contribution in [3.63, 3.8) is 0 Å². The van der Waals surface area contributed by atoms with E-state index in [0.717, 1.165) is 84.0 Å². The summed E-state index contributed by atoms with van der Waals surface area (Å²) in [5.41, 5.74) is 16.6. The smallest absolute Gasteiger partial charge is 0.660 e. The molecular formula is C47H46CuN4O4. The van der Waals surface area contributed by atoms with Gasteiger partial charge in [0.2, 0.25) is 0 Å². The Kier molecular flexibility index (Phi) is 11.2. The third kappa shape index (κ3) is 7.17. The van der Waals surface area contributed by atoms with E-state index in [1.807, 2.05) is 32.0 Å². The van der Waals surface area contributed by atoms with Crippen LogP contribution in [0.5, 0.6) is 0 Å². The molecule has 0 saturated heterocycles. The van der Waals surface area contributed by atoms with Gasteiger partial charge in [-0.1, -0.05) is 102 Å². The first-order chi connectivity index (χ1) is 26.2. The fraction of sp³-hybridized carbons (Fsp3) is 0.277. The van der Waals surface area contributed by atoms with E-state index in [1.54, 1.807) is 0 Å². The van der Waals surface area contributed by atoms with Crippen LogP contribution in [0.15, 0.2) is 73.3 Å². The number of hydrogen-bond acceptors (Lipinski definition) is 6. The summed E-state index contributed by atoms with van der Waals surface area (Å²) in [4.78, 5) is 46.7. The van der Waals surface area contributed by atoms with Crippen molar-refractivity contribution in [3.8, 4) is 11.1 Å². The molecule has 0 fully saturated rings. The summed E-state index contributed by atoms with van der Waals surface area (Å²) >= 11 is 0. The van der Waals surface area contributed by atoms with Crippen molar-refractivity contribution in [2.75, 3.05) is 14.2 Å². The van der Waals surface area contributed by atoms with Crippen LogP contribution < -0.4 is 9.97 Å². The number of carbonyl (C=O) groups excluding carboxylic acids is 2. The topological polar surface area (TPSA) is 107 Å². The Hall–Kier alpha value is -5.50. The van der Waals surface area contributed by atoms with Gasteiger partial charge in [0, 0.05) is 0 Å². The molecule has 0 N–H and O–H groups in total. The number of nitrogens with zero attached hydrogens (tertiary/aromatic N) is 4. The van der Waals surface area contributed by atoms with E-state index >= 15 is 0 Å². The molecular weight excluding hydrogens is 748 g/mol. The quantitative estimate of drug-likeness (QED) is 0.135. The van der Waals surface area contributed by atoms with Gasteiger partial charge >= 0.3 is 29.0 Å². The molecule has 8 bridgehead atoms. The standard InChI is InChI=1S/C47H46N4O4.Cu/c1-25-11-15-32(16-12-25)24-47(8)31(7)46-44(33-17-13-26(2)14-18-33)45-28(4)27(3)36(50-45)21-37-29(5)34(19-42(52)54-9)39(48-37)22-40-35(20-43(53)55-10)30(6)38(49-40)23-41(47)51-46;/h11-18,21-23H,7,19-20,24H2,1-6,8-10H3;/q-2;+2. The second kappa shape index (κ2) is 15.6. The van der Waals surface area contributed by atoms with Crippen molar-refractivity contribution >= 4 is 50.8 Å². The van der Waals surface area contributed by atoms with Gasteiger partial charge in [-0.3, -0.25) is 9.59 Å². The Labute approximate surface area is 339 Å². The van der Waals surface area contributed by atoms with E-state index in [9.17, 15) is 9.59 Å². The number of aromatic nitrogens is 4. The third-order valence-electron chi connectivity index (χ3n) is 11.5. The number of esters is 2. The van der Waals surface area contributed by atoms with Crippen LogP contribution in [-0.4, -0.2) is 36.1 Å². The molecule has 1 unspecified atom stereocenters. The van der Waals surface area contributed by atoms with Gasteiger partial charge < -0.3 is 19.4 Å². The van der Waals surface area contributed by atoms with Crippen LogP contribution in [0.3, 0.4) is 0 Å². The molecule has 1 atom stereocenters.